The van der Waals surface area contributed by atoms with Crippen LogP contribution in [0.1, 0.15) is 37.0 Å². The molecule has 0 bridgehead atoms. The molecular formula is C12H20N4S2. The van der Waals surface area contributed by atoms with Crippen LogP contribution in [-0.4, -0.2) is 26.7 Å². The highest BCUT2D eigenvalue weighted by atomic mass is 32.2. The van der Waals surface area contributed by atoms with Crippen LogP contribution in [0.2, 0.25) is 0 Å². The Hall–Kier alpha value is -0.460. The fourth-order valence-corrected chi connectivity index (χ4v) is 5.03. The van der Waals surface area contributed by atoms with Gasteiger partial charge in [0, 0.05) is 28.5 Å². The van der Waals surface area contributed by atoms with Gasteiger partial charge < -0.3 is 5.43 Å². The molecule has 2 rings (SSSR count). The number of thioether (sulfide) groups is 2. The second-order valence-corrected chi connectivity index (χ2v) is 6.81. The Bertz CT molecular complexity index is 377. The van der Waals surface area contributed by atoms with Crippen LogP contribution < -0.4 is 11.3 Å². The van der Waals surface area contributed by atoms with Crippen molar-refractivity contribution in [2.75, 3.05) is 16.9 Å². The fourth-order valence-electron chi connectivity index (χ4n) is 2.04. The van der Waals surface area contributed by atoms with Gasteiger partial charge in [-0.05, 0) is 12.8 Å². The molecule has 0 aliphatic carbocycles. The van der Waals surface area contributed by atoms with Gasteiger partial charge in [0.05, 0.1) is 5.25 Å². The van der Waals surface area contributed by atoms with E-state index in [-0.39, 0.29) is 0 Å². The lowest BCUT2D eigenvalue weighted by molar-refractivity contribution is 0.741. The van der Waals surface area contributed by atoms with Crippen LogP contribution in [0.25, 0.3) is 0 Å². The van der Waals surface area contributed by atoms with Crippen LogP contribution in [0.4, 0.5) is 5.82 Å². The van der Waals surface area contributed by atoms with Crippen molar-refractivity contribution in [3.05, 3.63) is 17.6 Å². The number of nitrogen functional groups attached to an aromatic ring is 1. The Labute approximate surface area is 117 Å². The number of nitrogens with one attached hydrogen (secondary N) is 1. The van der Waals surface area contributed by atoms with Crippen LogP contribution in [0, 0.1) is 0 Å². The van der Waals surface area contributed by atoms with Gasteiger partial charge in [-0.1, -0.05) is 13.8 Å². The lowest BCUT2D eigenvalue weighted by Gasteiger charge is -2.29. The molecule has 0 aromatic carbocycles. The highest BCUT2D eigenvalue weighted by Gasteiger charge is 2.29. The fraction of sp³-hybridized carbons (Fsp3) is 0.667. The number of rotatable bonds is 4. The maximum atomic E-state index is 5.49. The highest BCUT2D eigenvalue weighted by molar-refractivity contribution is 8.06. The first kappa shape index (κ1) is 14.0. The number of nitrogens with zero attached hydrogens (tertiary/aromatic N) is 2. The Balaban J connectivity index is 2.29. The third kappa shape index (κ3) is 3.10. The molecule has 1 fully saturated rings. The van der Waals surface area contributed by atoms with Crippen molar-refractivity contribution in [1.29, 1.82) is 0 Å². The van der Waals surface area contributed by atoms with E-state index in [0.717, 1.165) is 30.2 Å². The number of aryl methyl sites for hydroxylation is 1. The van der Waals surface area contributed by atoms with Crippen LogP contribution in [0.3, 0.4) is 0 Å². The maximum Gasteiger partial charge on any atom is 0.145 e. The van der Waals surface area contributed by atoms with Gasteiger partial charge in [-0.3, -0.25) is 0 Å². The summed E-state index contributed by atoms with van der Waals surface area (Å²) in [6.07, 6.45) is 2.07. The molecule has 1 aliphatic heterocycles. The van der Waals surface area contributed by atoms with Crippen molar-refractivity contribution < 1.29 is 0 Å². The van der Waals surface area contributed by atoms with E-state index < -0.39 is 0 Å². The molecule has 4 nitrogen and oxygen atoms in total. The summed E-state index contributed by atoms with van der Waals surface area (Å²) in [5, 5.41) is 1.01. The minimum absolute atomic E-state index is 0.396. The van der Waals surface area contributed by atoms with E-state index in [1.807, 2.05) is 29.6 Å². The van der Waals surface area contributed by atoms with Crippen molar-refractivity contribution in [2.45, 2.75) is 37.2 Å². The van der Waals surface area contributed by atoms with Gasteiger partial charge in [-0.25, -0.2) is 15.8 Å². The normalized spacial score (nSPS) is 23.9. The summed E-state index contributed by atoms with van der Waals surface area (Å²) in [5.74, 6) is 9.56. The quantitative estimate of drug-likeness (QED) is 0.654. The van der Waals surface area contributed by atoms with E-state index in [0.29, 0.717) is 10.5 Å². The van der Waals surface area contributed by atoms with Crippen molar-refractivity contribution in [3.63, 3.8) is 0 Å². The SMILES string of the molecule is CCc1cc(NN)nc(C2SCCSC2CC)n1. The zero-order valence-corrected chi connectivity index (χ0v) is 12.5. The molecule has 6 heteroatoms. The van der Waals surface area contributed by atoms with Crippen molar-refractivity contribution in [1.82, 2.24) is 9.97 Å². The van der Waals surface area contributed by atoms with Crippen molar-refractivity contribution in [2.24, 2.45) is 5.84 Å². The Morgan fingerprint density at radius 1 is 1.33 bits per heavy atom. The minimum Gasteiger partial charge on any atom is -0.308 e. The van der Waals surface area contributed by atoms with E-state index in [1.165, 1.54) is 11.5 Å². The van der Waals surface area contributed by atoms with Crippen LogP contribution in [0.5, 0.6) is 0 Å². The Kier molecular flexibility index (Phi) is 5.14. The van der Waals surface area contributed by atoms with E-state index in [1.54, 1.807) is 0 Å². The molecular weight excluding hydrogens is 264 g/mol. The van der Waals surface area contributed by atoms with Crippen LogP contribution >= 0.6 is 23.5 Å². The number of aromatic nitrogens is 2. The van der Waals surface area contributed by atoms with Gasteiger partial charge in [0.15, 0.2) is 0 Å². The summed E-state index contributed by atoms with van der Waals surface area (Å²) in [7, 11) is 0. The van der Waals surface area contributed by atoms with E-state index in [2.05, 4.69) is 29.2 Å². The second kappa shape index (κ2) is 6.63. The number of hydrogen-bond donors (Lipinski definition) is 2. The first-order valence-corrected chi connectivity index (χ1v) is 8.45. The molecule has 3 N–H and O–H groups in total. The number of nitrogens with two attached hydrogens (primary N) is 1. The molecule has 0 saturated carbocycles. The van der Waals surface area contributed by atoms with Gasteiger partial charge >= 0.3 is 0 Å². The summed E-state index contributed by atoms with van der Waals surface area (Å²) < 4.78 is 0. The van der Waals surface area contributed by atoms with Gasteiger partial charge in [-0.15, -0.1) is 11.8 Å². The average Bonchev–Trinajstić information content (AvgIpc) is 2.46. The minimum atomic E-state index is 0.396. The topological polar surface area (TPSA) is 63.8 Å². The van der Waals surface area contributed by atoms with E-state index in [4.69, 9.17) is 5.84 Å². The number of hydrogen-bond acceptors (Lipinski definition) is 6. The highest BCUT2D eigenvalue weighted by Crippen LogP contribution is 2.42. The van der Waals surface area contributed by atoms with Gasteiger partial charge in [0.25, 0.3) is 0 Å². The van der Waals surface area contributed by atoms with Crippen LogP contribution in [0.15, 0.2) is 6.07 Å². The molecule has 1 aromatic heterocycles. The van der Waals surface area contributed by atoms with Gasteiger partial charge in [0.2, 0.25) is 0 Å². The molecule has 2 heterocycles. The largest absolute Gasteiger partial charge is 0.308 e. The van der Waals surface area contributed by atoms with Crippen molar-refractivity contribution >= 4 is 29.3 Å². The monoisotopic (exact) mass is 284 g/mol. The molecule has 1 aliphatic rings. The van der Waals surface area contributed by atoms with Gasteiger partial charge in [0.1, 0.15) is 11.6 Å². The summed E-state index contributed by atoms with van der Waals surface area (Å²) in [5.41, 5.74) is 3.70. The first-order valence-electron chi connectivity index (χ1n) is 6.36. The lowest BCUT2D eigenvalue weighted by Crippen LogP contribution is -2.22. The van der Waals surface area contributed by atoms with E-state index in [9.17, 15) is 0 Å². The third-order valence-corrected chi connectivity index (χ3v) is 6.26. The maximum absolute atomic E-state index is 5.49. The Morgan fingerprint density at radius 3 is 2.78 bits per heavy atom. The Morgan fingerprint density at radius 2 is 2.11 bits per heavy atom. The zero-order valence-electron chi connectivity index (χ0n) is 10.8. The summed E-state index contributed by atoms with van der Waals surface area (Å²) in [4.78, 5) is 9.22. The molecule has 1 aromatic rings. The second-order valence-electron chi connectivity index (χ2n) is 4.21. The average molecular weight is 284 g/mol. The lowest BCUT2D eigenvalue weighted by atomic mass is 10.2. The molecule has 0 spiro atoms. The smallest absolute Gasteiger partial charge is 0.145 e. The summed E-state index contributed by atoms with van der Waals surface area (Å²) in [6, 6.07) is 1.92. The van der Waals surface area contributed by atoms with Crippen LogP contribution in [-0.2, 0) is 6.42 Å². The molecule has 0 amide bonds. The molecule has 2 unspecified atom stereocenters. The predicted molar refractivity (Wildman–Crippen MR) is 81.0 cm³/mol. The molecule has 100 valence electrons. The number of anilines is 1. The molecule has 18 heavy (non-hydrogen) atoms. The molecule has 2 atom stereocenters. The molecule has 1 saturated heterocycles. The predicted octanol–water partition coefficient (Wildman–Crippen LogP) is 2.62. The number of hydrazine groups is 1. The standard InChI is InChI=1S/C12H20N4S2/c1-3-8-7-10(16-13)15-12(14-8)11-9(4-2)17-5-6-18-11/h7,9,11H,3-6,13H2,1-2H3,(H,14,15,16). The summed E-state index contributed by atoms with van der Waals surface area (Å²) >= 11 is 4.01. The first-order chi connectivity index (χ1) is 8.78. The van der Waals surface area contributed by atoms with Gasteiger partial charge in [-0.2, -0.15) is 11.8 Å². The third-order valence-electron chi connectivity index (χ3n) is 3.01. The summed E-state index contributed by atoms with van der Waals surface area (Å²) in [6.45, 7) is 4.34. The molecule has 0 radical (unpaired) electrons. The van der Waals surface area contributed by atoms with E-state index >= 15 is 0 Å². The van der Waals surface area contributed by atoms with Crippen molar-refractivity contribution in [3.8, 4) is 0 Å². The zero-order chi connectivity index (χ0) is 13.0.